The van der Waals surface area contributed by atoms with Crippen LogP contribution >= 0.6 is 0 Å². The maximum atomic E-state index is 5.92. The van der Waals surface area contributed by atoms with E-state index in [0.717, 1.165) is 13.1 Å². The van der Waals surface area contributed by atoms with Crippen molar-refractivity contribution in [3.05, 3.63) is 35.9 Å². The van der Waals surface area contributed by atoms with Crippen molar-refractivity contribution in [1.29, 1.82) is 0 Å². The number of rotatable bonds is 8. The van der Waals surface area contributed by atoms with Crippen LogP contribution in [0.5, 0.6) is 0 Å². The summed E-state index contributed by atoms with van der Waals surface area (Å²) in [6.07, 6.45) is 2.43. The van der Waals surface area contributed by atoms with Crippen LogP contribution in [0.4, 0.5) is 0 Å². The van der Waals surface area contributed by atoms with Gasteiger partial charge in [-0.3, -0.25) is 0 Å². The number of nitrogens with two attached hydrogens (primary N) is 1. The van der Waals surface area contributed by atoms with E-state index >= 15 is 0 Å². The summed E-state index contributed by atoms with van der Waals surface area (Å²) in [5, 5.41) is 0. The van der Waals surface area contributed by atoms with Crippen molar-refractivity contribution in [3.63, 3.8) is 0 Å². The third-order valence-electron chi connectivity index (χ3n) is 3.11. The van der Waals surface area contributed by atoms with Crippen molar-refractivity contribution in [2.24, 2.45) is 5.73 Å². The highest BCUT2D eigenvalue weighted by Gasteiger charge is 2.13. The minimum absolute atomic E-state index is 0.467. The monoisotopic (exact) mass is 234 g/mol. The van der Waals surface area contributed by atoms with E-state index in [1.807, 2.05) is 0 Å². The lowest BCUT2D eigenvalue weighted by molar-refractivity contribution is 0.258. The molecule has 0 radical (unpaired) electrons. The van der Waals surface area contributed by atoms with Gasteiger partial charge in [0.25, 0.3) is 0 Å². The Kier molecular flexibility index (Phi) is 6.90. The molecule has 1 rings (SSSR count). The van der Waals surface area contributed by atoms with Crippen LogP contribution in [-0.4, -0.2) is 31.1 Å². The van der Waals surface area contributed by atoms with Crippen molar-refractivity contribution in [3.8, 4) is 0 Å². The molecule has 1 atom stereocenters. The first-order chi connectivity index (χ1) is 8.31. The van der Waals surface area contributed by atoms with Gasteiger partial charge in [-0.05, 0) is 31.5 Å². The van der Waals surface area contributed by atoms with Crippen molar-refractivity contribution >= 4 is 0 Å². The smallest absolute Gasteiger partial charge is 0.00888 e. The molecule has 1 aromatic rings. The van der Waals surface area contributed by atoms with Crippen LogP contribution in [0.2, 0.25) is 0 Å². The van der Waals surface area contributed by atoms with Crippen LogP contribution in [-0.2, 0) is 0 Å². The van der Waals surface area contributed by atoms with E-state index in [1.165, 1.54) is 31.5 Å². The van der Waals surface area contributed by atoms with Gasteiger partial charge in [-0.15, -0.1) is 0 Å². The maximum absolute atomic E-state index is 5.92. The van der Waals surface area contributed by atoms with Crippen LogP contribution in [0.15, 0.2) is 30.3 Å². The molecule has 17 heavy (non-hydrogen) atoms. The highest BCUT2D eigenvalue weighted by atomic mass is 15.1. The molecule has 0 amide bonds. The Morgan fingerprint density at radius 1 is 1.06 bits per heavy atom. The molecule has 0 saturated carbocycles. The van der Waals surface area contributed by atoms with E-state index in [-0.39, 0.29) is 0 Å². The summed E-state index contributed by atoms with van der Waals surface area (Å²) in [5.41, 5.74) is 7.29. The van der Waals surface area contributed by atoms with E-state index in [2.05, 4.69) is 49.1 Å². The Hall–Kier alpha value is -0.860. The van der Waals surface area contributed by atoms with Gasteiger partial charge in [0.05, 0.1) is 0 Å². The molecule has 0 heterocycles. The van der Waals surface area contributed by atoms with Crippen LogP contribution in [0, 0.1) is 0 Å². The van der Waals surface area contributed by atoms with Gasteiger partial charge in [0, 0.05) is 19.0 Å². The fourth-order valence-corrected chi connectivity index (χ4v) is 2.28. The van der Waals surface area contributed by atoms with Crippen LogP contribution in [0.1, 0.15) is 38.2 Å². The highest BCUT2D eigenvalue weighted by molar-refractivity contribution is 5.20. The molecule has 1 aromatic carbocycles. The lowest BCUT2D eigenvalue weighted by atomic mass is 9.98. The molecular weight excluding hydrogens is 208 g/mol. The molecule has 2 nitrogen and oxygen atoms in total. The van der Waals surface area contributed by atoms with Gasteiger partial charge in [-0.2, -0.15) is 0 Å². The van der Waals surface area contributed by atoms with Gasteiger partial charge in [-0.1, -0.05) is 44.2 Å². The minimum atomic E-state index is 0.467. The standard InChI is InChI=1S/C15H26N2/c1-3-10-17(11-4-2)13-15(12-16)14-8-6-5-7-9-14/h5-9,15H,3-4,10-13,16H2,1-2H3. The molecule has 0 bridgehead atoms. The Morgan fingerprint density at radius 3 is 2.12 bits per heavy atom. The molecule has 2 heteroatoms. The second-order valence-electron chi connectivity index (χ2n) is 4.64. The van der Waals surface area contributed by atoms with Gasteiger partial charge < -0.3 is 10.6 Å². The topological polar surface area (TPSA) is 29.3 Å². The molecule has 96 valence electrons. The number of hydrogen-bond donors (Lipinski definition) is 1. The third-order valence-corrected chi connectivity index (χ3v) is 3.11. The van der Waals surface area contributed by atoms with Gasteiger partial charge in [-0.25, -0.2) is 0 Å². The van der Waals surface area contributed by atoms with Crippen molar-refractivity contribution in [2.75, 3.05) is 26.2 Å². The average Bonchev–Trinajstić information content (AvgIpc) is 2.37. The second-order valence-corrected chi connectivity index (χ2v) is 4.64. The van der Waals surface area contributed by atoms with Gasteiger partial charge in [0.1, 0.15) is 0 Å². The third kappa shape index (κ3) is 4.88. The average molecular weight is 234 g/mol. The first kappa shape index (κ1) is 14.2. The molecule has 0 spiro atoms. The molecule has 0 aliphatic carbocycles. The Labute approximate surface area is 106 Å². The summed E-state index contributed by atoms with van der Waals surface area (Å²) < 4.78 is 0. The number of benzene rings is 1. The predicted octanol–water partition coefficient (Wildman–Crippen LogP) is 2.85. The lowest BCUT2D eigenvalue weighted by Crippen LogP contribution is -2.33. The number of nitrogens with zero attached hydrogens (tertiary/aromatic N) is 1. The van der Waals surface area contributed by atoms with E-state index in [4.69, 9.17) is 5.73 Å². The highest BCUT2D eigenvalue weighted by Crippen LogP contribution is 2.16. The Morgan fingerprint density at radius 2 is 1.65 bits per heavy atom. The molecule has 2 N–H and O–H groups in total. The van der Waals surface area contributed by atoms with Crippen LogP contribution in [0.25, 0.3) is 0 Å². The summed E-state index contributed by atoms with van der Waals surface area (Å²) in [6, 6.07) is 10.6. The van der Waals surface area contributed by atoms with Crippen molar-refractivity contribution < 1.29 is 0 Å². The summed E-state index contributed by atoms with van der Waals surface area (Å²) in [6.45, 7) is 8.65. The maximum Gasteiger partial charge on any atom is 0.00888 e. The Bertz CT molecular complexity index is 278. The zero-order valence-corrected chi connectivity index (χ0v) is 11.2. The summed E-state index contributed by atoms with van der Waals surface area (Å²) in [7, 11) is 0. The molecule has 0 aromatic heterocycles. The van der Waals surface area contributed by atoms with E-state index in [0.29, 0.717) is 5.92 Å². The molecule has 0 saturated heterocycles. The SMILES string of the molecule is CCCN(CCC)CC(CN)c1ccccc1. The van der Waals surface area contributed by atoms with Crippen LogP contribution < -0.4 is 5.73 Å². The lowest BCUT2D eigenvalue weighted by Gasteiger charge is -2.26. The quantitative estimate of drug-likeness (QED) is 0.749. The Balaban J connectivity index is 2.61. The fraction of sp³-hybridized carbons (Fsp3) is 0.600. The summed E-state index contributed by atoms with van der Waals surface area (Å²) in [5.74, 6) is 0.467. The molecule has 0 aliphatic rings. The zero-order chi connectivity index (χ0) is 12.5. The second kappa shape index (κ2) is 8.26. The van der Waals surface area contributed by atoms with Crippen LogP contribution in [0.3, 0.4) is 0 Å². The first-order valence-corrected chi connectivity index (χ1v) is 6.79. The fourth-order valence-electron chi connectivity index (χ4n) is 2.28. The van der Waals surface area contributed by atoms with E-state index in [9.17, 15) is 0 Å². The zero-order valence-electron chi connectivity index (χ0n) is 11.2. The summed E-state index contributed by atoms with van der Waals surface area (Å²) in [4.78, 5) is 2.53. The van der Waals surface area contributed by atoms with Gasteiger partial charge in [0.15, 0.2) is 0 Å². The first-order valence-electron chi connectivity index (χ1n) is 6.79. The molecule has 0 fully saturated rings. The summed E-state index contributed by atoms with van der Waals surface area (Å²) >= 11 is 0. The minimum Gasteiger partial charge on any atom is -0.330 e. The largest absolute Gasteiger partial charge is 0.330 e. The molecule has 0 aliphatic heterocycles. The molecular formula is C15H26N2. The van der Waals surface area contributed by atoms with E-state index < -0.39 is 0 Å². The molecule has 1 unspecified atom stereocenters. The predicted molar refractivity (Wildman–Crippen MR) is 75.3 cm³/mol. The number of hydrogen-bond acceptors (Lipinski definition) is 2. The van der Waals surface area contributed by atoms with E-state index in [1.54, 1.807) is 0 Å². The normalized spacial score (nSPS) is 12.9. The van der Waals surface area contributed by atoms with Gasteiger partial charge in [0.2, 0.25) is 0 Å². The van der Waals surface area contributed by atoms with Crippen molar-refractivity contribution in [2.45, 2.75) is 32.6 Å². The van der Waals surface area contributed by atoms with Gasteiger partial charge >= 0.3 is 0 Å². The van der Waals surface area contributed by atoms with Crippen molar-refractivity contribution in [1.82, 2.24) is 4.90 Å².